The van der Waals surface area contributed by atoms with Crippen LogP contribution in [0, 0.1) is 6.92 Å². The number of aromatic carboxylic acids is 1. The molecule has 0 spiro atoms. The molecule has 6 aromatic carbocycles. The zero-order valence-corrected chi connectivity index (χ0v) is 31.4. The number of carbonyl (C=O) groups is 3. The highest BCUT2D eigenvalue weighted by Crippen LogP contribution is 2.29. The first kappa shape index (κ1) is 38.2. The third-order valence-corrected chi connectivity index (χ3v) is 8.91. The van der Waals surface area contributed by atoms with Gasteiger partial charge in [0.1, 0.15) is 23.0 Å². The van der Waals surface area contributed by atoms with Crippen LogP contribution in [0.1, 0.15) is 36.6 Å². The Morgan fingerprint density at radius 3 is 1.40 bits per heavy atom. The smallest absolute Gasteiger partial charge is 0.337 e. The SMILES string of the molecule is Cc1ccc(Oc2ccccc2)cc1NC(=O)c1cccc(-n2cccc2)c1.O=C(Nc1cc(Oc2ccccc2)ccc1C(=O)O)c1cccc(-n2cccc2)c1. The number of hydrogen-bond acceptors (Lipinski definition) is 5. The maximum atomic E-state index is 12.8. The monoisotopic (exact) mass is 766 g/mol. The Labute approximate surface area is 335 Å². The third-order valence-electron chi connectivity index (χ3n) is 8.91. The Bertz CT molecular complexity index is 2640. The number of benzene rings is 6. The van der Waals surface area contributed by atoms with Crippen LogP contribution in [0.15, 0.2) is 195 Å². The van der Waals surface area contributed by atoms with Crippen LogP contribution >= 0.6 is 0 Å². The zero-order chi connectivity index (χ0) is 40.3. The summed E-state index contributed by atoms with van der Waals surface area (Å²) in [6.45, 7) is 1.96. The van der Waals surface area contributed by atoms with Crippen LogP contribution < -0.4 is 20.1 Å². The van der Waals surface area contributed by atoms with Gasteiger partial charge in [-0.25, -0.2) is 4.79 Å². The van der Waals surface area contributed by atoms with E-state index in [4.69, 9.17) is 9.47 Å². The molecule has 2 heterocycles. The second kappa shape index (κ2) is 18.0. The lowest BCUT2D eigenvalue weighted by molar-refractivity contribution is 0.0697. The van der Waals surface area contributed by atoms with E-state index in [9.17, 15) is 19.5 Å². The van der Waals surface area contributed by atoms with Crippen molar-refractivity contribution in [3.63, 3.8) is 0 Å². The Morgan fingerprint density at radius 1 is 0.466 bits per heavy atom. The van der Waals surface area contributed by atoms with Crippen molar-refractivity contribution in [1.29, 1.82) is 0 Å². The van der Waals surface area contributed by atoms with E-state index >= 15 is 0 Å². The molecule has 0 saturated heterocycles. The number of ether oxygens (including phenoxy) is 2. The molecule has 0 atom stereocenters. The normalized spacial score (nSPS) is 10.4. The number of rotatable bonds is 11. The van der Waals surface area contributed by atoms with Crippen LogP contribution in [-0.2, 0) is 0 Å². The van der Waals surface area contributed by atoms with E-state index in [1.54, 1.807) is 36.4 Å². The summed E-state index contributed by atoms with van der Waals surface area (Å²) in [4.78, 5) is 37.2. The first-order valence-corrected chi connectivity index (χ1v) is 18.3. The highest BCUT2D eigenvalue weighted by atomic mass is 16.5. The Kier molecular flexibility index (Phi) is 11.9. The van der Waals surface area contributed by atoms with E-state index in [1.807, 2.05) is 162 Å². The maximum absolute atomic E-state index is 12.8. The molecule has 2 amide bonds. The van der Waals surface area contributed by atoms with Crippen LogP contribution in [0.3, 0.4) is 0 Å². The number of anilines is 2. The van der Waals surface area contributed by atoms with E-state index in [0.717, 1.165) is 28.4 Å². The second-order valence-electron chi connectivity index (χ2n) is 13.0. The van der Waals surface area contributed by atoms with Crippen molar-refractivity contribution < 1.29 is 29.0 Å². The van der Waals surface area contributed by atoms with Crippen LogP contribution in [0.4, 0.5) is 11.4 Å². The minimum atomic E-state index is -1.14. The van der Waals surface area contributed by atoms with Gasteiger partial charge in [0.2, 0.25) is 0 Å². The molecule has 0 unspecified atom stereocenters. The summed E-state index contributed by atoms with van der Waals surface area (Å²) in [6.07, 6.45) is 7.66. The highest BCUT2D eigenvalue weighted by Gasteiger charge is 2.16. The molecule has 0 fully saturated rings. The summed E-state index contributed by atoms with van der Waals surface area (Å²) < 4.78 is 15.5. The predicted octanol–water partition coefficient (Wildman–Crippen LogP) is 11.1. The third kappa shape index (κ3) is 9.76. The molecular weight excluding hydrogens is 729 g/mol. The van der Waals surface area contributed by atoms with E-state index in [2.05, 4.69) is 10.6 Å². The van der Waals surface area contributed by atoms with Gasteiger partial charge in [0.05, 0.1) is 11.3 Å². The molecule has 58 heavy (non-hydrogen) atoms. The average molecular weight is 767 g/mol. The van der Waals surface area contributed by atoms with Gasteiger partial charge in [-0.1, -0.05) is 54.6 Å². The number of hydrogen-bond donors (Lipinski definition) is 3. The van der Waals surface area contributed by atoms with Gasteiger partial charge in [-0.3, -0.25) is 9.59 Å². The second-order valence-corrected chi connectivity index (χ2v) is 13.0. The molecule has 0 aliphatic rings. The molecular formula is C48H38N4O6. The lowest BCUT2D eigenvalue weighted by Crippen LogP contribution is -2.15. The first-order valence-electron chi connectivity index (χ1n) is 18.3. The lowest BCUT2D eigenvalue weighted by Gasteiger charge is -2.12. The number of para-hydroxylation sites is 2. The van der Waals surface area contributed by atoms with Gasteiger partial charge in [-0.05, 0) is 116 Å². The van der Waals surface area contributed by atoms with Crippen LogP contribution in [0.5, 0.6) is 23.0 Å². The molecule has 0 saturated carbocycles. The number of nitrogens with one attached hydrogen (secondary N) is 2. The van der Waals surface area contributed by atoms with Crippen LogP contribution in [-0.4, -0.2) is 32.0 Å². The van der Waals surface area contributed by atoms with Crippen molar-refractivity contribution in [3.8, 4) is 34.4 Å². The molecule has 10 nitrogen and oxygen atoms in total. The van der Waals surface area contributed by atoms with Crippen molar-refractivity contribution in [1.82, 2.24) is 9.13 Å². The first-order chi connectivity index (χ1) is 28.3. The van der Waals surface area contributed by atoms with Gasteiger partial charge in [-0.2, -0.15) is 0 Å². The molecule has 0 bridgehead atoms. The van der Waals surface area contributed by atoms with E-state index in [-0.39, 0.29) is 17.2 Å². The minimum absolute atomic E-state index is 0.0228. The molecule has 8 rings (SSSR count). The summed E-state index contributed by atoms with van der Waals surface area (Å²) in [5, 5.41) is 15.2. The number of carbonyl (C=O) groups excluding carboxylic acids is 2. The van der Waals surface area contributed by atoms with Crippen molar-refractivity contribution in [2.24, 2.45) is 0 Å². The quantitative estimate of drug-likeness (QED) is 0.120. The van der Waals surface area contributed by atoms with Crippen molar-refractivity contribution >= 4 is 29.2 Å². The van der Waals surface area contributed by atoms with E-state index in [0.29, 0.717) is 28.4 Å². The topological polar surface area (TPSA) is 124 Å². The molecule has 3 N–H and O–H groups in total. The predicted molar refractivity (Wildman–Crippen MR) is 225 cm³/mol. The summed E-state index contributed by atoms with van der Waals surface area (Å²) in [5.74, 6) is 0.742. The van der Waals surface area contributed by atoms with Gasteiger partial charge in [0, 0.05) is 65.1 Å². The number of carboxylic acid groups (broad SMARTS) is 1. The summed E-state index contributed by atoms with van der Waals surface area (Å²) >= 11 is 0. The maximum Gasteiger partial charge on any atom is 0.337 e. The molecule has 2 aromatic heterocycles. The molecule has 0 aliphatic heterocycles. The van der Waals surface area contributed by atoms with E-state index in [1.165, 1.54) is 12.1 Å². The van der Waals surface area contributed by atoms with Crippen molar-refractivity contribution in [3.05, 3.63) is 217 Å². The Hall–Kier alpha value is -8.11. The van der Waals surface area contributed by atoms with E-state index < -0.39 is 11.9 Å². The summed E-state index contributed by atoms with van der Waals surface area (Å²) in [7, 11) is 0. The molecule has 10 heteroatoms. The molecule has 0 aliphatic carbocycles. The summed E-state index contributed by atoms with van der Waals surface area (Å²) in [5.41, 5.74) is 4.60. The van der Waals surface area contributed by atoms with Crippen LogP contribution in [0.2, 0.25) is 0 Å². The van der Waals surface area contributed by atoms with Gasteiger partial charge in [0.25, 0.3) is 11.8 Å². The minimum Gasteiger partial charge on any atom is -0.478 e. The van der Waals surface area contributed by atoms with Gasteiger partial charge < -0.3 is 34.3 Å². The van der Waals surface area contributed by atoms with Gasteiger partial charge in [-0.15, -0.1) is 0 Å². The molecule has 0 radical (unpaired) electrons. The Morgan fingerprint density at radius 2 is 0.914 bits per heavy atom. The summed E-state index contributed by atoms with van der Waals surface area (Å²) in [6, 6.07) is 51.1. The standard InChI is InChI=1S/C24H18N2O4.C24H20N2O2/c27-23(17-7-6-8-18(15-17)26-13-4-5-14-26)25-22-16-20(11-12-21(22)24(28)29)30-19-9-2-1-3-10-19;1-18-12-13-22(28-21-10-3-2-4-11-21)17-23(18)25-24(27)19-8-7-9-20(16-19)26-14-5-6-15-26/h1-16H,(H,25,27)(H,28,29);2-17H,1H3,(H,25,27). The number of amides is 2. The fraction of sp³-hybridized carbons (Fsp3) is 0.0208. The van der Waals surface area contributed by atoms with Gasteiger partial charge >= 0.3 is 5.97 Å². The number of aryl methyl sites for hydroxylation is 1. The molecule has 8 aromatic rings. The molecule has 286 valence electrons. The van der Waals surface area contributed by atoms with Crippen molar-refractivity contribution in [2.45, 2.75) is 6.92 Å². The highest BCUT2D eigenvalue weighted by molar-refractivity contribution is 6.08. The van der Waals surface area contributed by atoms with Crippen LogP contribution in [0.25, 0.3) is 11.4 Å². The number of nitrogens with zero attached hydrogens (tertiary/aromatic N) is 2. The average Bonchev–Trinajstić information content (AvgIpc) is 4.00. The lowest BCUT2D eigenvalue weighted by atomic mass is 10.1. The van der Waals surface area contributed by atoms with Gasteiger partial charge in [0.15, 0.2) is 0 Å². The Balaban J connectivity index is 0.000000177. The number of carboxylic acids is 1. The van der Waals surface area contributed by atoms with Crippen molar-refractivity contribution in [2.75, 3.05) is 10.6 Å². The largest absolute Gasteiger partial charge is 0.478 e. The fourth-order valence-electron chi connectivity index (χ4n) is 5.94. The fourth-order valence-corrected chi connectivity index (χ4v) is 5.94. The number of aromatic nitrogens is 2. The zero-order valence-electron chi connectivity index (χ0n) is 31.4.